The van der Waals surface area contributed by atoms with Gasteiger partial charge in [0.2, 0.25) is 0 Å². The van der Waals surface area contributed by atoms with Crippen LogP contribution in [-0.4, -0.2) is 50.3 Å². The fourth-order valence-electron chi connectivity index (χ4n) is 1.72. The van der Waals surface area contributed by atoms with E-state index in [0.717, 1.165) is 37.7 Å². The highest BCUT2D eigenvalue weighted by Crippen LogP contribution is 2.11. The van der Waals surface area contributed by atoms with Crippen molar-refractivity contribution in [3.63, 3.8) is 0 Å². The molecular formula is C12H18ClN2O3S-. The second-order valence-corrected chi connectivity index (χ2v) is 6.20. The topological polar surface area (TPSA) is 72.5 Å². The SMILES string of the molecule is CS(=O)(=O)[O-].Clc1ccc(CN2CCNCC2)cc1. The Balaban J connectivity index is 0.000000312. The second kappa shape index (κ2) is 7.81. The van der Waals surface area contributed by atoms with Crippen molar-refractivity contribution in [3.8, 4) is 0 Å². The molecule has 1 saturated heterocycles. The number of halogens is 1. The highest BCUT2D eigenvalue weighted by molar-refractivity contribution is 7.84. The van der Waals surface area contributed by atoms with Gasteiger partial charge >= 0.3 is 0 Å². The maximum atomic E-state index is 9.08. The second-order valence-electron chi connectivity index (χ2n) is 4.36. The van der Waals surface area contributed by atoms with E-state index >= 15 is 0 Å². The van der Waals surface area contributed by atoms with Crippen LogP contribution in [0.15, 0.2) is 24.3 Å². The predicted molar refractivity (Wildman–Crippen MR) is 75.2 cm³/mol. The number of hydrogen-bond acceptors (Lipinski definition) is 5. The first kappa shape index (κ1) is 16.4. The van der Waals surface area contributed by atoms with E-state index in [2.05, 4.69) is 22.3 Å². The first-order valence-corrected chi connectivity index (χ1v) is 8.12. The van der Waals surface area contributed by atoms with Gasteiger partial charge in [0, 0.05) is 44.0 Å². The first-order chi connectivity index (χ1) is 8.84. The molecule has 1 aromatic carbocycles. The average molecular weight is 306 g/mol. The molecule has 0 amide bonds. The molecule has 0 radical (unpaired) electrons. The third kappa shape index (κ3) is 8.96. The lowest BCUT2D eigenvalue weighted by Gasteiger charge is -2.27. The number of nitrogens with one attached hydrogen (secondary N) is 1. The van der Waals surface area contributed by atoms with E-state index in [1.165, 1.54) is 5.56 Å². The number of hydrogen-bond donors (Lipinski definition) is 1. The third-order valence-corrected chi connectivity index (χ3v) is 2.78. The summed E-state index contributed by atoms with van der Waals surface area (Å²) in [6.45, 7) is 5.53. The van der Waals surface area contributed by atoms with Crippen molar-refractivity contribution in [1.29, 1.82) is 0 Å². The summed E-state index contributed by atoms with van der Waals surface area (Å²) in [7, 11) is -3.92. The highest BCUT2D eigenvalue weighted by atomic mass is 35.5. The van der Waals surface area contributed by atoms with E-state index in [-0.39, 0.29) is 0 Å². The van der Waals surface area contributed by atoms with Crippen molar-refractivity contribution in [2.45, 2.75) is 6.54 Å². The molecule has 1 fully saturated rings. The van der Waals surface area contributed by atoms with Crippen LogP contribution in [0.5, 0.6) is 0 Å². The molecule has 19 heavy (non-hydrogen) atoms. The van der Waals surface area contributed by atoms with E-state index in [1.54, 1.807) is 0 Å². The fourth-order valence-corrected chi connectivity index (χ4v) is 1.84. The molecule has 5 nitrogen and oxygen atoms in total. The zero-order valence-electron chi connectivity index (χ0n) is 10.8. The molecule has 0 aromatic heterocycles. The molecule has 0 unspecified atom stereocenters. The highest BCUT2D eigenvalue weighted by Gasteiger charge is 2.09. The minimum atomic E-state index is -3.92. The van der Waals surface area contributed by atoms with Gasteiger partial charge in [0.1, 0.15) is 0 Å². The van der Waals surface area contributed by atoms with Gasteiger partial charge in [-0.15, -0.1) is 0 Å². The monoisotopic (exact) mass is 305 g/mol. The minimum absolute atomic E-state index is 0.604. The van der Waals surface area contributed by atoms with E-state index < -0.39 is 10.1 Å². The van der Waals surface area contributed by atoms with Crippen molar-refractivity contribution in [3.05, 3.63) is 34.9 Å². The Labute approximate surface area is 119 Å². The van der Waals surface area contributed by atoms with Gasteiger partial charge in [-0.3, -0.25) is 4.90 Å². The van der Waals surface area contributed by atoms with Gasteiger partial charge in [-0.25, -0.2) is 8.42 Å². The van der Waals surface area contributed by atoms with Gasteiger partial charge in [-0.2, -0.15) is 0 Å². The van der Waals surface area contributed by atoms with Crippen LogP contribution < -0.4 is 5.32 Å². The van der Waals surface area contributed by atoms with E-state index in [1.807, 2.05) is 12.1 Å². The predicted octanol–water partition coefficient (Wildman–Crippen LogP) is 0.907. The van der Waals surface area contributed by atoms with Crippen LogP contribution >= 0.6 is 11.6 Å². The van der Waals surface area contributed by atoms with Crippen molar-refractivity contribution >= 4 is 21.7 Å². The molecule has 1 aliphatic rings. The van der Waals surface area contributed by atoms with Gasteiger partial charge in [0.25, 0.3) is 0 Å². The molecule has 0 saturated carbocycles. The molecule has 0 bridgehead atoms. The zero-order chi connectivity index (χ0) is 14.3. The lowest BCUT2D eigenvalue weighted by atomic mass is 10.2. The Morgan fingerprint density at radius 2 is 1.74 bits per heavy atom. The fraction of sp³-hybridized carbons (Fsp3) is 0.500. The summed E-state index contributed by atoms with van der Waals surface area (Å²) < 4.78 is 27.2. The Morgan fingerprint density at radius 1 is 1.26 bits per heavy atom. The Morgan fingerprint density at radius 3 is 2.21 bits per heavy atom. The van der Waals surface area contributed by atoms with Gasteiger partial charge in [0.05, 0.1) is 10.1 Å². The molecule has 1 aromatic rings. The van der Waals surface area contributed by atoms with Gasteiger partial charge < -0.3 is 9.87 Å². The van der Waals surface area contributed by atoms with Crippen LogP contribution in [0.1, 0.15) is 5.56 Å². The summed E-state index contributed by atoms with van der Waals surface area (Å²) in [5.74, 6) is 0. The van der Waals surface area contributed by atoms with E-state index in [4.69, 9.17) is 24.6 Å². The summed E-state index contributed by atoms with van der Waals surface area (Å²) in [5, 5.41) is 4.16. The normalized spacial score (nSPS) is 16.6. The lowest BCUT2D eigenvalue weighted by Crippen LogP contribution is -2.42. The molecule has 0 atom stereocenters. The van der Waals surface area contributed by atoms with Crippen molar-refractivity contribution in [1.82, 2.24) is 10.2 Å². The summed E-state index contributed by atoms with van der Waals surface area (Å²) >= 11 is 5.83. The van der Waals surface area contributed by atoms with Gasteiger partial charge in [-0.1, -0.05) is 23.7 Å². The molecule has 1 aliphatic heterocycles. The zero-order valence-corrected chi connectivity index (χ0v) is 12.4. The molecule has 0 aliphatic carbocycles. The molecule has 7 heteroatoms. The summed E-state index contributed by atoms with van der Waals surface area (Å²) in [6, 6.07) is 8.12. The maximum absolute atomic E-state index is 9.08. The molecule has 1 heterocycles. The first-order valence-electron chi connectivity index (χ1n) is 5.93. The Hall–Kier alpha value is -0.660. The van der Waals surface area contributed by atoms with Crippen molar-refractivity contribution in [2.24, 2.45) is 0 Å². The average Bonchev–Trinajstić information content (AvgIpc) is 2.31. The molecule has 2 rings (SSSR count). The van der Waals surface area contributed by atoms with Crippen molar-refractivity contribution < 1.29 is 13.0 Å². The minimum Gasteiger partial charge on any atom is -0.748 e. The Bertz CT molecular complexity index is 462. The van der Waals surface area contributed by atoms with Crippen LogP contribution in [0.25, 0.3) is 0 Å². The van der Waals surface area contributed by atoms with Crippen molar-refractivity contribution in [2.75, 3.05) is 32.4 Å². The van der Waals surface area contributed by atoms with E-state index in [0.29, 0.717) is 6.26 Å². The quantitative estimate of drug-likeness (QED) is 0.822. The molecule has 1 N–H and O–H groups in total. The third-order valence-electron chi connectivity index (χ3n) is 2.53. The molecular weight excluding hydrogens is 288 g/mol. The number of benzene rings is 1. The van der Waals surface area contributed by atoms with Crippen LogP contribution in [0.3, 0.4) is 0 Å². The maximum Gasteiger partial charge on any atom is 0.0916 e. The summed E-state index contributed by atoms with van der Waals surface area (Å²) in [5.41, 5.74) is 1.34. The van der Waals surface area contributed by atoms with Gasteiger partial charge in [0.15, 0.2) is 0 Å². The number of nitrogens with zero attached hydrogens (tertiary/aromatic N) is 1. The van der Waals surface area contributed by atoms with Gasteiger partial charge in [-0.05, 0) is 17.7 Å². The lowest BCUT2D eigenvalue weighted by molar-refractivity contribution is 0.233. The Kier molecular flexibility index (Phi) is 6.74. The molecule has 0 spiro atoms. The van der Waals surface area contributed by atoms with Crippen LogP contribution in [0, 0.1) is 0 Å². The number of rotatable bonds is 2. The van der Waals surface area contributed by atoms with Crippen LogP contribution in [-0.2, 0) is 16.7 Å². The van der Waals surface area contributed by atoms with Crippen LogP contribution in [0.2, 0.25) is 5.02 Å². The van der Waals surface area contributed by atoms with E-state index in [9.17, 15) is 0 Å². The summed E-state index contributed by atoms with van der Waals surface area (Å²) in [6.07, 6.45) is 0.604. The molecule has 108 valence electrons. The smallest absolute Gasteiger partial charge is 0.0916 e. The van der Waals surface area contributed by atoms with Crippen LogP contribution in [0.4, 0.5) is 0 Å². The largest absolute Gasteiger partial charge is 0.748 e. The number of piperazine rings is 1. The summed E-state index contributed by atoms with van der Waals surface area (Å²) in [4.78, 5) is 2.46. The standard InChI is InChI=1S/C11H15ClN2.CH4O3S/c12-11-3-1-10(2-4-11)9-14-7-5-13-6-8-14;1-5(2,3)4/h1-4,13H,5-9H2;1H3,(H,2,3,4)/p-1.